The van der Waals surface area contributed by atoms with E-state index in [1.807, 2.05) is 29.7 Å². The second-order valence-corrected chi connectivity index (χ2v) is 4.73. The molecular formula is C11H21N3S. The maximum absolute atomic E-state index is 4.24. The molecule has 1 aromatic rings. The fraction of sp³-hybridized carbons (Fsp3) is 0.727. The van der Waals surface area contributed by atoms with Gasteiger partial charge in [0, 0.05) is 36.6 Å². The van der Waals surface area contributed by atoms with Crippen molar-refractivity contribution in [1.82, 2.24) is 15.1 Å². The normalized spacial score (nSPS) is 13.1. The Balaban J connectivity index is 2.45. The highest BCUT2D eigenvalue weighted by Crippen LogP contribution is 2.07. The Morgan fingerprint density at radius 3 is 2.80 bits per heavy atom. The summed E-state index contributed by atoms with van der Waals surface area (Å²) in [5.41, 5.74) is 2.55. The Hall–Kier alpha value is -0.480. The van der Waals surface area contributed by atoms with Crippen molar-refractivity contribution in [2.24, 2.45) is 7.05 Å². The summed E-state index contributed by atoms with van der Waals surface area (Å²) in [4.78, 5) is 0. The molecule has 1 N–H and O–H groups in total. The Morgan fingerprint density at radius 1 is 1.60 bits per heavy atom. The van der Waals surface area contributed by atoms with Crippen LogP contribution in [-0.2, 0) is 13.6 Å². The predicted molar refractivity (Wildman–Crippen MR) is 67.2 cm³/mol. The summed E-state index contributed by atoms with van der Waals surface area (Å²) in [7, 11) is 1.98. The molecule has 0 aliphatic rings. The van der Waals surface area contributed by atoms with Crippen molar-refractivity contribution in [2.45, 2.75) is 32.9 Å². The second-order valence-electron chi connectivity index (χ2n) is 3.82. The molecule has 86 valence electrons. The molecule has 1 rings (SSSR count). The second kappa shape index (κ2) is 6.18. The highest BCUT2D eigenvalue weighted by molar-refractivity contribution is 7.98. The van der Waals surface area contributed by atoms with Gasteiger partial charge in [-0.15, -0.1) is 0 Å². The first-order valence-corrected chi connectivity index (χ1v) is 6.78. The topological polar surface area (TPSA) is 29.9 Å². The van der Waals surface area contributed by atoms with Gasteiger partial charge in [-0.2, -0.15) is 16.9 Å². The Kier molecular flexibility index (Phi) is 5.19. The highest BCUT2D eigenvalue weighted by atomic mass is 32.2. The summed E-state index contributed by atoms with van der Waals surface area (Å²) in [6, 6.07) is 0.611. The van der Waals surface area contributed by atoms with E-state index in [2.05, 4.69) is 30.5 Å². The number of rotatable bonds is 6. The minimum atomic E-state index is 0.611. The van der Waals surface area contributed by atoms with Gasteiger partial charge >= 0.3 is 0 Å². The number of hydrogen-bond donors (Lipinski definition) is 1. The number of aromatic nitrogens is 2. The molecule has 1 unspecified atom stereocenters. The fourth-order valence-corrected chi connectivity index (χ4v) is 2.25. The average Bonchev–Trinajstić information content (AvgIpc) is 2.55. The Bertz CT molecular complexity index is 296. The predicted octanol–water partition coefficient (Wildman–Crippen LogP) is 1.96. The summed E-state index contributed by atoms with van der Waals surface area (Å²) in [5, 5.41) is 7.80. The fourth-order valence-electron chi connectivity index (χ4n) is 1.49. The molecule has 0 aliphatic heterocycles. The third-order valence-electron chi connectivity index (χ3n) is 2.78. The van der Waals surface area contributed by atoms with Gasteiger partial charge in [0.25, 0.3) is 0 Å². The quantitative estimate of drug-likeness (QED) is 0.805. The van der Waals surface area contributed by atoms with Gasteiger partial charge in [-0.3, -0.25) is 4.68 Å². The average molecular weight is 227 g/mol. The van der Waals surface area contributed by atoms with E-state index in [0.29, 0.717) is 6.04 Å². The number of nitrogens with one attached hydrogen (secondary N) is 1. The van der Waals surface area contributed by atoms with Crippen LogP contribution in [0.3, 0.4) is 0 Å². The number of nitrogens with zero attached hydrogens (tertiary/aromatic N) is 2. The lowest BCUT2D eigenvalue weighted by atomic mass is 10.2. The van der Waals surface area contributed by atoms with Crippen molar-refractivity contribution in [3.8, 4) is 0 Å². The molecule has 4 heteroatoms. The zero-order valence-electron chi connectivity index (χ0n) is 10.1. The van der Waals surface area contributed by atoms with E-state index < -0.39 is 0 Å². The maximum atomic E-state index is 4.24. The van der Waals surface area contributed by atoms with Crippen LogP contribution in [0.25, 0.3) is 0 Å². The lowest BCUT2D eigenvalue weighted by molar-refractivity contribution is 0.540. The number of hydrogen-bond acceptors (Lipinski definition) is 3. The molecule has 0 bridgehead atoms. The molecule has 0 saturated heterocycles. The number of aryl methyl sites for hydroxylation is 1. The van der Waals surface area contributed by atoms with E-state index >= 15 is 0 Å². The first kappa shape index (κ1) is 12.6. The molecular weight excluding hydrogens is 206 g/mol. The van der Waals surface area contributed by atoms with Crippen molar-refractivity contribution >= 4 is 11.8 Å². The Labute approximate surface area is 96.6 Å². The third-order valence-corrected chi connectivity index (χ3v) is 3.51. The van der Waals surface area contributed by atoms with Crippen LogP contribution in [0, 0.1) is 6.92 Å². The van der Waals surface area contributed by atoms with Crippen LogP contribution in [0.5, 0.6) is 0 Å². The molecule has 1 atom stereocenters. The van der Waals surface area contributed by atoms with Gasteiger partial charge in [0.15, 0.2) is 0 Å². The maximum Gasteiger partial charge on any atom is 0.0537 e. The van der Waals surface area contributed by atoms with Crippen LogP contribution >= 0.6 is 11.8 Å². The van der Waals surface area contributed by atoms with Crippen molar-refractivity contribution < 1.29 is 0 Å². The van der Waals surface area contributed by atoms with Gasteiger partial charge < -0.3 is 5.32 Å². The molecule has 0 amide bonds. The minimum Gasteiger partial charge on any atom is -0.309 e. The van der Waals surface area contributed by atoms with Crippen molar-refractivity contribution in [3.05, 3.63) is 17.5 Å². The van der Waals surface area contributed by atoms with E-state index in [1.54, 1.807) is 0 Å². The summed E-state index contributed by atoms with van der Waals surface area (Å²) >= 11 is 1.90. The zero-order valence-corrected chi connectivity index (χ0v) is 10.9. The summed E-state index contributed by atoms with van der Waals surface area (Å²) in [6.45, 7) is 5.27. The Morgan fingerprint density at radius 2 is 2.33 bits per heavy atom. The molecule has 1 aromatic heterocycles. The molecule has 0 saturated carbocycles. The van der Waals surface area contributed by atoms with Crippen LogP contribution in [-0.4, -0.2) is 27.8 Å². The standard InChI is InChI=1S/C11H21N3S/c1-5-11(8-15-4)12-6-10-7-13-14(3)9(10)2/h7,11-12H,5-6,8H2,1-4H3. The van der Waals surface area contributed by atoms with E-state index in [4.69, 9.17) is 0 Å². The third kappa shape index (κ3) is 3.54. The van der Waals surface area contributed by atoms with Crippen molar-refractivity contribution in [2.75, 3.05) is 12.0 Å². The van der Waals surface area contributed by atoms with E-state index in [1.165, 1.54) is 23.4 Å². The largest absolute Gasteiger partial charge is 0.309 e. The monoisotopic (exact) mass is 227 g/mol. The SMILES string of the molecule is CCC(CSC)NCc1cnn(C)c1C. The molecule has 0 fully saturated rings. The lowest BCUT2D eigenvalue weighted by Gasteiger charge is -2.15. The molecule has 0 radical (unpaired) electrons. The first-order valence-electron chi connectivity index (χ1n) is 5.38. The number of thioether (sulfide) groups is 1. The van der Waals surface area contributed by atoms with Gasteiger partial charge in [-0.05, 0) is 19.6 Å². The first-order chi connectivity index (χ1) is 7.19. The van der Waals surface area contributed by atoms with E-state index in [0.717, 1.165) is 6.54 Å². The summed E-state index contributed by atoms with van der Waals surface area (Å²) in [6.07, 6.45) is 5.29. The minimum absolute atomic E-state index is 0.611. The molecule has 0 aromatic carbocycles. The zero-order chi connectivity index (χ0) is 11.3. The van der Waals surface area contributed by atoms with Gasteiger partial charge in [-0.25, -0.2) is 0 Å². The van der Waals surface area contributed by atoms with Crippen molar-refractivity contribution in [1.29, 1.82) is 0 Å². The highest BCUT2D eigenvalue weighted by Gasteiger charge is 2.07. The van der Waals surface area contributed by atoms with E-state index in [-0.39, 0.29) is 0 Å². The van der Waals surface area contributed by atoms with Gasteiger partial charge in [0.2, 0.25) is 0 Å². The van der Waals surface area contributed by atoms with E-state index in [9.17, 15) is 0 Å². The van der Waals surface area contributed by atoms with Crippen molar-refractivity contribution in [3.63, 3.8) is 0 Å². The smallest absolute Gasteiger partial charge is 0.0537 e. The van der Waals surface area contributed by atoms with Crippen LogP contribution in [0.1, 0.15) is 24.6 Å². The molecule has 3 nitrogen and oxygen atoms in total. The van der Waals surface area contributed by atoms with Crippen LogP contribution < -0.4 is 5.32 Å². The van der Waals surface area contributed by atoms with Gasteiger partial charge in [-0.1, -0.05) is 6.92 Å². The summed E-state index contributed by atoms with van der Waals surface area (Å²) < 4.78 is 1.92. The van der Waals surface area contributed by atoms with Crippen LogP contribution in [0.15, 0.2) is 6.20 Å². The lowest BCUT2D eigenvalue weighted by Crippen LogP contribution is -2.30. The van der Waals surface area contributed by atoms with Gasteiger partial charge in [0.1, 0.15) is 0 Å². The van der Waals surface area contributed by atoms with Crippen LogP contribution in [0.4, 0.5) is 0 Å². The molecule has 1 heterocycles. The summed E-state index contributed by atoms with van der Waals surface area (Å²) in [5.74, 6) is 1.18. The molecule has 15 heavy (non-hydrogen) atoms. The molecule has 0 spiro atoms. The van der Waals surface area contributed by atoms with Gasteiger partial charge in [0.05, 0.1) is 6.20 Å². The molecule has 0 aliphatic carbocycles. The van der Waals surface area contributed by atoms with Crippen LogP contribution in [0.2, 0.25) is 0 Å².